The Morgan fingerprint density at radius 2 is 1.63 bits per heavy atom. The Bertz CT molecular complexity index is 706. The van der Waals surface area contributed by atoms with Crippen LogP contribution in [0.15, 0.2) is 48.8 Å². The van der Waals surface area contributed by atoms with Crippen molar-refractivity contribution in [3.63, 3.8) is 0 Å². The first-order chi connectivity index (χ1) is 13.3. The number of benzene rings is 1. The van der Waals surface area contributed by atoms with Crippen LogP contribution in [0.4, 0.5) is 10.5 Å². The number of hydrogen-bond donors (Lipinski definition) is 0. The number of ether oxygens (including phenoxy) is 2. The van der Waals surface area contributed by atoms with Gasteiger partial charge in [-0.15, -0.1) is 0 Å². The average molecular weight is 369 g/mol. The van der Waals surface area contributed by atoms with Gasteiger partial charge in [0.2, 0.25) is 0 Å². The van der Waals surface area contributed by atoms with Gasteiger partial charge >= 0.3 is 6.03 Å². The highest BCUT2D eigenvalue weighted by Crippen LogP contribution is 2.20. The lowest BCUT2D eigenvalue weighted by Gasteiger charge is -2.18. The second-order valence-corrected chi connectivity index (χ2v) is 6.56. The molecule has 27 heavy (non-hydrogen) atoms. The minimum absolute atomic E-state index is 0.101. The van der Waals surface area contributed by atoms with Gasteiger partial charge in [0.15, 0.2) is 0 Å². The third-order valence-corrected chi connectivity index (χ3v) is 4.72. The van der Waals surface area contributed by atoms with Crippen molar-refractivity contribution in [2.45, 2.75) is 25.7 Å². The fourth-order valence-electron chi connectivity index (χ4n) is 3.17. The van der Waals surface area contributed by atoms with Crippen molar-refractivity contribution in [1.29, 1.82) is 0 Å². The number of urea groups is 1. The van der Waals surface area contributed by atoms with Gasteiger partial charge < -0.3 is 14.4 Å². The zero-order valence-corrected chi connectivity index (χ0v) is 15.8. The molecular formula is C21H27N3O3. The number of rotatable bonds is 10. The molecule has 0 unspecified atom stereocenters. The Morgan fingerprint density at radius 1 is 0.926 bits per heavy atom. The van der Waals surface area contributed by atoms with Crippen molar-refractivity contribution in [3.8, 4) is 11.5 Å². The van der Waals surface area contributed by atoms with Crippen molar-refractivity contribution in [2.24, 2.45) is 0 Å². The Morgan fingerprint density at radius 3 is 2.37 bits per heavy atom. The van der Waals surface area contributed by atoms with Crippen molar-refractivity contribution in [2.75, 3.05) is 38.3 Å². The van der Waals surface area contributed by atoms with Crippen molar-refractivity contribution in [1.82, 2.24) is 9.88 Å². The van der Waals surface area contributed by atoms with Crippen molar-refractivity contribution >= 4 is 11.7 Å². The van der Waals surface area contributed by atoms with Crippen LogP contribution >= 0.6 is 0 Å². The predicted octanol–water partition coefficient (Wildman–Crippen LogP) is 3.97. The fourth-order valence-corrected chi connectivity index (χ4v) is 3.17. The molecule has 0 aliphatic carbocycles. The predicted molar refractivity (Wildman–Crippen MR) is 106 cm³/mol. The maximum atomic E-state index is 12.5. The molecule has 0 radical (unpaired) electrons. The summed E-state index contributed by atoms with van der Waals surface area (Å²) in [5.74, 6) is 1.70. The molecule has 1 aromatic carbocycles. The van der Waals surface area contributed by atoms with E-state index in [0.29, 0.717) is 6.61 Å². The number of carbonyl (C=O) groups excluding carboxylic acids is 1. The van der Waals surface area contributed by atoms with Gasteiger partial charge in [0, 0.05) is 37.7 Å². The van der Waals surface area contributed by atoms with Crippen LogP contribution in [0.3, 0.4) is 0 Å². The van der Waals surface area contributed by atoms with Gasteiger partial charge in [0.1, 0.15) is 11.5 Å². The summed E-state index contributed by atoms with van der Waals surface area (Å²) in [6.45, 7) is 3.07. The Labute approximate surface area is 160 Å². The SMILES string of the molecule is COc1ccc(OCCCCCCN2CCN(c3ccncc3)C2=O)cc1. The third-order valence-electron chi connectivity index (χ3n) is 4.72. The van der Waals surface area contributed by atoms with Crippen LogP contribution in [0.5, 0.6) is 11.5 Å². The second-order valence-electron chi connectivity index (χ2n) is 6.56. The molecule has 0 N–H and O–H groups in total. The van der Waals surface area contributed by atoms with Gasteiger partial charge in [0.05, 0.1) is 13.7 Å². The molecule has 3 rings (SSSR count). The summed E-state index contributed by atoms with van der Waals surface area (Å²) in [4.78, 5) is 20.2. The molecule has 2 amide bonds. The number of amides is 2. The van der Waals surface area contributed by atoms with Crippen molar-refractivity contribution < 1.29 is 14.3 Å². The molecule has 2 aromatic rings. The van der Waals surface area contributed by atoms with Crippen LogP contribution < -0.4 is 14.4 Å². The Balaban J connectivity index is 1.27. The minimum Gasteiger partial charge on any atom is -0.497 e. The number of carbonyl (C=O) groups is 1. The van der Waals surface area contributed by atoms with E-state index in [1.807, 2.05) is 46.2 Å². The largest absolute Gasteiger partial charge is 0.497 e. The lowest BCUT2D eigenvalue weighted by molar-refractivity contribution is 0.219. The number of anilines is 1. The van der Waals surface area contributed by atoms with E-state index in [-0.39, 0.29) is 6.03 Å². The maximum Gasteiger partial charge on any atom is 0.324 e. The molecule has 0 spiro atoms. The van der Waals surface area contributed by atoms with Crippen LogP contribution in [-0.4, -0.2) is 49.3 Å². The smallest absolute Gasteiger partial charge is 0.324 e. The Hall–Kier alpha value is -2.76. The molecule has 2 heterocycles. The quantitative estimate of drug-likeness (QED) is 0.595. The molecule has 1 saturated heterocycles. The lowest BCUT2D eigenvalue weighted by atomic mass is 10.2. The maximum absolute atomic E-state index is 12.5. The first-order valence-corrected chi connectivity index (χ1v) is 9.51. The topological polar surface area (TPSA) is 54.9 Å². The number of aromatic nitrogens is 1. The van der Waals surface area contributed by atoms with Gasteiger partial charge in [-0.25, -0.2) is 4.79 Å². The van der Waals surface area contributed by atoms with Gasteiger partial charge in [-0.1, -0.05) is 12.8 Å². The minimum atomic E-state index is 0.101. The van der Waals surface area contributed by atoms with Gasteiger partial charge in [0.25, 0.3) is 0 Å². The van der Waals surface area contributed by atoms with Crippen LogP contribution in [0.2, 0.25) is 0 Å². The highest BCUT2D eigenvalue weighted by atomic mass is 16.5. The first kappa shape index (κ1) is 19.0. The number of methoxy groups -OCH3 is 1. The van der Waals surface area contributed by atoms with E-state index in [4.69, 9.17) is 9.47 Å². The number of unbranched alkanes of at least 4 members (excludes halogenated alkanes) is 3. The molecular weight excluding hydrogens is 342 g/mol. The van der Waals surface area contributed by atoms with E-state index in [1.54, 1.807) is 19.5 Å². The molecule has 1 aromatic heterocycles. The number of hydrogen-bond acceptors (Lipinski definition) is 4. The van der Waals surface area contributed by atoms with E-state index in [9.17, 15) is 4.79 Å². The third kappa shape index (κ3) is 5.36. The van der Waals surface area contributed by atoms with Crippen LogP contribution in [0.1, 0.15) is 25.7 Å². The summed E-state index contributed by atoms with van der Waals surface area (Å²) in [6, 6.07) is 11.5. The molecule has 0 bridgehead atoms. The molecule has 0 atom stereocenters. The Kier molecular flexibility index (Phi) is 6.90. The molecule has 144 valence electrons. The summed E-state index contributed by atoms with van der Waals surface area (Å²) in [5, 5.41) is 0. The highest BCUT2D eigenvalue weighted by molar-refractivity contribution is 5.93. The molecule has 1 aliphatic heterocycles. The normalized spacial score (nSPS) is 13.9. The van der Waals surface area contributed by atoms with Gasteiger partial charge in [-0.05, 0) is 49.2 Å². The zero-order valence-electron chi connectivity index (χ0n) is 15.8. The molecule has 1 aliphatic rings. The van der Waals surface area contributed by atoms with E-state index >= 15 is 0 Å². The van der Waals surface area contributed by atoms with E-state index in [0.717, 1.165) is 62.5 Å². The summed E-state index contributed by atoms with van der Waals surface area (Å²) in [6.07, 6.45) is 7.69. The zero-order chi connectivity index (χ0) is 18.9. The molecule has 6 nitrogen and oxygen atoms in total. The average Bonchev–Trinajstić information content (AvgIpc) is 3.09. The highest BCUT2D eigenvalue weighted by Gasteiger charge is 2.28. The summed E-state index contributed by atoms with van der Waals surface area (Å²) >= 11 is 0. The van der Waals surface area contributed by atoms with Crippen LogP contribution in [0, 0.1) is 0 Å². The lowest BCUT2D eigenvalue weighted by Crippen LogP contribution is -2.32. The number of pyridine rings is 1. The summed E-state index contributed by atoms with van der Waals surface area (Å²) in [5.41, 5.74) is 0.924. The monoisotopic (exact) mass is 369 g/mol. The van der Waals surface area contributed by atoms with E-state index in [2.05, 4.69) is 4.98 Å². The molecule has 6 heteroatoms. The summed E-state index contributed by atoms with van der Waals surface area (Å²) < 4.78 is 10.9. The number of nitrogens with zero attached hydrogens (tertiary/aromatic N) is 3. The molecule has 0 saturated carbocycles. The second kappa shape index (κ2) is 9.80. The van der Waals surface area contributed by atoms with Gasteiger partial charge in [-0.2, -0.15) is 0 Å². The van der Waals surface area contributed by atoms with Crippen molar-refractivity contribution in [3.05, 3.63) is 48.8 Å². The summed E-state index contributed by atoms with van der Waals surface area (Å²) in [7, 11) is 1.66. The van der Waals surface area contributed by atoms with Crippen LogP contribution in [-0.2, 0) is 0 Å². The van der Waals surface area contributed by atoms with Crippen LogP contribution in [0.25, 0.3) is 0 Å². The standard InChI is InChI=1S/C21H27N3O3/c1-26-19-6-8-20(9-7-19)27-17-5-3-2-4-14-23-15-16-24(21(23)25)18-10-12-22-13-11-18/h6-13H,2-5,14-17H2,1H3. The van der Waals surface area contributed by atoms with E-state index in [1.165, 1.54) is 0 Å². The fraction of sp³-hybridized carbons (Fsp3) is 0.429. The molecule has 1 fully saturated rings. The first-order valence-electron chi connectivity index (χ1n) is 9.51. The van der Waals surface area contributed by atoms with E-state index < -0.39 is 0 Å². The van der Waals surface area contributed by atoms with Gasteiger partial charge in [-0.3, -0.25) is 9.88 Å².